The Bertz CT molecular complexity index is 855. The number of anilines is 1. The van der Waals surface area contributed by atoms with Crippen LogP contribution in [0.25, 0.3) is 17.2 Å². The summed E-state index contributed by atoms with van der Waals surface area (Å²) in [6, 6.07) is 12.3. The molecule has 2 aliphatic rings. The van der Waals surface area contributed by atoms with Crippen LogP contribution in [-0.4, -0.2) is 28.7 Å². The lowest BCUT2D eigenvalue weighted by atomic mass is 9.98. The van der Waals surface area contributed by atoms with E-state index in [1.807, 2.05) is 24.3 Å². The number of nitrogens with two attached hydrogens (primary N) is 2. The van der Waals surface area contributed by atoms with Crippen molar-refractivity contribution in [3.63, 3.8) is 0 Å². The Hall–Kier alpha value is -2.11. The largest absolute Gasteiger partial charge is 0.490 e. The van der Waals surface area contributed by atoms with E-state index >= 15 is 0 Å². The molecule has 0 spiro atoms. The maximum atomic E-state index is 6.49. The normalized spacial score (nSPS) is 18.6. The van der Waals surface area contributed by atoms with E-state index in [1.165, 1.54) is 12.8 Å². The van der Waals surface area contributed by atoms with Gasteiger partial charge in [0.2, 0.25) is 0 Å². The number of rotatable bonds is 6. The molecule has 0 unspecified atom stereocenters. The van der Waals surface area contributed by atoms with Gasteiger partial charge in [-0.1, -0.05) is 24.1 Å². The molecular formula is C23H29N3OS. The summed E-state index contributed by atoms with van der Waals surface area (Å²) in [7, 11) is 0. The van der Waals surface area contributed by atoms with E-state index in [-0.39, 0.29) is 6.10 Å². The van der Waals surface area contributed by atoms with Gasteiger partial charge in [0.1, 0.15) is 11.9 Å². The minimum absolute atomic E-state index is 0.264. The van der Waals surface area contributed by atoms with Crippen LogP contribution in [0.15, 0.2) is 42.6 Å². The summed E-state index contributed by atoms with van der Waals surface area (Å²) in [4.78, 5) is 0. The second-order valence-electron chi connectivity index (χ2n) is 7.72. The third-order valence-corrected chi connectivity index (χ3v) is 6.85. The highest BCUT2D eigenvalue weighted by molar-refractivity contribution is 7.97. The van der Waals surface area contributed by atoms with Crippen LogP contribution < -0.4 is 16.2 Å². The molecule has 2 aromatic carbocycles. The molecule has 2 fully saturated rings. The number of piperidine rings is 1. The molecule has 1 saturated heterocycles. The zero-order valence-electron chi connectivity index (χ0n) is 16.4. The Balaban J connectivity index is 1.53. The molecule has 0 aromatic heterocycles. The molecule has 4 N–H and O–H groups in total. The standard InChI is InChI=1S/C23H29N3OS/c1-16-17(7-10-24)13-19(18-3-2-4-20(25)14-18)15-23(16)27-21-8-11-26(12-9-21)28-22-5-6-22/h2-4,7,10,13-15,21-22H,5-6,8-9,11-12,24-25H2,1H3/b10-7-. The highest BCUT2D eigenvalue weighted by atomic mass is 32.2. The molecule has 4 rings (SSSR count). The highest BCUT2D eigenvalue weighted by Gasteiger charge is 2.28. The summed E-state index contributed by atoms with van der Waals surface area (Å²) in [6.45, 7) is 4.32. The van der Waals surface area contributed by atoms with Crippen molar-refractivity contribution in [1.82, 2.24) is 4.31 Å². The molecule has 0 radical (unpaired) electrons. The van der Waals surface area contributed by atoms with E-state index in [1.54, 1.807) is 6.20 Å². The molecule has 0 bridgehead atoms. The monoisotopic (exact) mass is 395 g/mol. The van der Waals surface area contributed by atoms with E-state index in [9.17, 15) is 0 Å². The highest BCUT2D eigenvalue weighted by Crippen LogP contribution is 2.38. The molecule has 5 heteroatoms. The van der Waals surface area contributed by atoms with E-state index in [2.05, 4.69) is 41.4 Å². The molecule has 2 aromatic rings. The number of hydrogen-bond acceptors (Lipinski definition) is 5. The summed E-state index contributed by atoms with van der Waals surface area (Å²) in [5.74, 6) is 0.946. The lowest BCUT2D eigenvalue weighted by Gasteiger charge is -2.31. The molecule has 28 heavy (non-hydrogen) atoms. The lowest BCUT2D eigenvalue weighted by Crippen LogP contribution is -2.34. The fraction of sp³-hybridized carbons (Fsp3) is 0.391. The van der Waals surface area contributed by atoms with Crippen molar-refractivity contribution in [3.05, 3.63) is 53.7 Å². The first-order valence-corrected chi connectivity index (χ1v) is 10.9. The van der Waals surface area contributed by atoms with Crippen molar-refractivity contribution < 1.29 is 4.74 Å². The molecular weight excluding hydrogens is 366 g/mol. The molecule has 1 aliphatic carbocycles. The van der Waals surface area contributed by atoms with Gasteiger partial charge in [0.25, 0.3) is 0 Å². The quantitative estimate of drug-likeness (QED) is 0.542. The third-order valence-electron chi connectivity index (χ3n) is 5.41. The van der Waals surface area contributed by atoms with Crippen molar-refractivity contribution in [2.45, 2.75) is 44.0 Å². The average molecular weight is 396 g/mol. The second kappa shape index (κ2) is 8.50. The minimum Gasteiger partial charge on any atom is -0.490 e. The molecule has 1 aliphatic heterocycles. The van der Waals surface area contributed by atoms with Crippen LogP contribution in [0.2, 0.25) is 0 Å². The van der Waals surface area contributed by atoms with Crippen molar-refractivity contribution >= 4 is 23.7 Å². The van der Waals surface area contributed by atoms with Gasteiger partial charge in [-0.3, -0.25) is 4.31 Å². The van der Waals surface area contributed by atoms with Gasteiger partial charge in [-0.2, -0.15) is 0 Å². The summed E-state index contributed by atoms with van der Waals surface area (Å²) in [5, 5.41) is 0.875. The smallest absolute Gasteiger partial charge is 0.123 e. The molecule has 4 nitrogen and oxygen atoms in total. The Morgan fingerprint density at radius 3 is 2.54 bits per heavy atom. The Kier molecular flexibility index (Phi) is 5.83. The number of nitrogen functional groups attached to an aromatic ring is 1. The van der Waals surface area contributed by atoms with Crippen LogP contribution in [0.1, 0.15) is 36.8 Å². The van der Waals surface area contributed by atoms with Gasteiger partial charge < -0.3 is 16.2 Å². The first-order chi connectivity index (χ1) is 13.6. The van der Waals surface area contributed by atoms with E-state index in [4.69, 9.17) is 16.2 Å². The van der Waals surface area contributed by atoms with Crippen molar-refractivity contribution in [1.29, 1.82) is 0 Å². The molecule has 148 valence electrons. The first kappa shape index (κ1) is 19.2. The zero-order valence-corrected chi connectivity index (χ0v) is 17.3. The van der Waals surface area contributed by atoms with Gasteiger partial charge in [0.05, 0.1) is 0 Å². The van der Waals surface area contributed by atoms with E-state index in [0.717, 1.165) is 64.9 Å². The Morgan fingerprint density at radius 2 is 1.86 bits per heavy atom. The molecule has 1 heterocycles. The predicted octanol–water partition coefficient (Wildman–Crippen LogP) is 4.83. The van der Waals surface area contributed by atoms with Crippen molar-refractivity contribution in [2.24, 2.45) is 5.73 Å². The van der Waals surface area contributed by atoms with Gasteiger partial charge in [-0.15, -0.1) is 0 Å². The summed E-state index contributed by atoms with van der Waals surface area (Å²) in [5.41, 5.74) is 16.8. The van der Waals surface area contributed by atoms with Crippen LogP contribution in [0, 0.1) is 6.92 Å². The molecule has 0 amide bonds. The van der Waals surface area contributed by atoms with Crippen molar-refractivity contribution in [2.75, 3.05) is 18.8 Å². The second-order valence-corrected chi connectivity index (χ2v) is 9.12. The lowest BCUT2D eigenvalue weighted by molar-refractivity contribution is 0.138. The fourth-order valence-corrected chi connectivity index (χ4v) is 4.80. The van der Waals surface area contributed by atoms with Gasteiger partial charge in [0.15, 0.2) is 0 Å². The third kappa shape index (κ3) is 4.65. The SMILES string of the molecule is Cc1c(/C=C\N)cc(-c2cccc(N)c2)cc1OC1CCN(SC2CC2)CC1. The summed E-state index contributed by atoms with van der Waals surface area (Å²) >= 11 is 2.05. The zero-order chi connectivity index (χ0) is 19.5. The fourth-order valence-electron chi connectivity index (χ4n) is 3.61. The minimum atomic E-state index is 0.264. The molecule has 0 atom stereocenters. The van der Waals surface area contributed by atoms with Crippen molar-refractivity contribution in [3.8, 4) is 16.9 Å². The summed E-state index contributed by atoms with van der Waals surface area (Å²) in [6.07, 6.45) is 8.70. The summed E-state index contributed by atoms with van der Waals surface area (Å²) < 4.78 is 9.02. The van der Waals surface area contributed by atoms with Crippen LogP contribution >= 0.6 is 11.9 Å². The Labute approximate surface area is 172 Å². The topological polar surface area (TPSA) is 64.5 Å². The number of hydrogen-bond donors (Lipinski definition) is 2. The van der Waals surface area contributed by atoms with E-state index in [0.29, 0.717) is 0 Å². The van der Waals surface area contributed by atoms with Crippen LogP contribution in [0.4, 0.5) is 5.69 Å². The van der Waals surface area contributed by atoms with Crippen LogP contribution in [0.3, 0.4) is 0 Å². The first-order valence-electron chi connectivity index (χ1n) is 10.1. The maximum absolute atomic E-state index is 6.49. The number of ether oxygens (including phenoxy) is 1. The average Bonchev–Trinajstić information content (AvgIpc) is 3.50. The van der Waals surface area contributed by atoms with Crippen LogP contribution in [-0.2, 0) is 0 Å². The van der Waals surface area contributed by atoms with Gasteiger partial charge in [-0.25, -0.2) is 0 Å². The van der Waals surface area contributed by atoms with Crippen LogP contribution in [0.5, 0.6) is 5.75 Å². The number of nitrogens with zero attached hydrogens (tertiary/aromatic N) is 1. The predicted molar refractivity (Wildman–Crippen MR) is 120 cm³/mol. The van der Waals surface area contributed by atoms with Gasteiger partial charge >= 0.3 is 0 Å². The van der Waals surface area contributed by atoms with Gasteiger partial charge in [-0.05, 0) is 91.4 Å². The maximum Gasteiger partial charge on any atom is 0.123 e. The number of benzene rings is 2. The Morgan fingerprint density at radius 1 is 1.07 bits per heavy atom. The molecule has 1 saturated carbocycles. The van der Waals surface area contributed by atoms with Gasteiger partial charge in [0, 0.05) is 24.0 Å². The van der Waals surface area contributed by atoms with E-state index < -0.39 is 0 Å².